The summed E-state index contributed by atoms with van der Waals surface area (Å²) >= 11 is 0. The number of carbonyl (C=O) groups is 1. The SMILES string of the molecule is N[C@H](Cc1ccncc1)C(=O)N1CCCC1. The van der Waals surface area contributed by atoms with Gasteiger partial charge in [0.05, 0.1) is 6.04 Å². The van der Waals surface area contributed by atoms with Crippen LogP contribution in [-0.4, -0.2) is 34.9 Å². The molecule has 0 spiro atoms. The zero-order chi connectivity index (χ0) is 11.4. The van der Waals surface area contributed by atoms with Crippen LogP contribution < -0.4 is 5.73 Å². The van der Waals surface area contributed by atoms with Crippen molar-refractivity contribution in [1.29, 1.82) is 0 Å². The third-order valence-electron chi connectivity index (χ3n) is 2.94. The predicted molar refractivity (Wildman–Crippen MR) is 61.7 cm³/mol. The van der Waals surface area contributed by atoms with Crippen molar-refractivity contribution >= 4 is 5.91 Å². The van der Waals surface area contributed by atoms with E-state index in [1.165, 1.54) is 0 Å². The van der Waals surface area contributed by atoms with E-state index in [2.05, 4.69) is 4.98 Å². The normalized spacial score (nSPS) is 17.4. The molecule has 86 valence electrons. The zero-order valence-corrected chi connectivity index (χ0v) is 9.30. The first-order valence-electron chi connectivity index (χ1n) is 5.70. The van der Waals surface area contributed by atoms with Crippen LogP contribution in [0.4, 0.5) is 0 Å². The molecular weight excluding hydrogens is 202 g/mol. The molecule has 0 saturated carbocycles. The molecule has 2 rings (SSSR count). The number of rotatable bonds is 3. The molecule has 2 N–H and O–H groups in total. The summed E-state index contributed by atoms with van der Waals surface area (Å²) in [5.74, 6) is 0.0781. The fourth-order valence-corrected chi connectivity index (χ4v) is 2.03. The summed E-state index contributed by atoms with van der Waals surface area (Å²) in [6.45, 7) is 1.73. The van der Waals surface area contributed by atoms with Gasteiger partial charge in [-0.2, -0.15) is 0 Å². The zero-order valence-electron chi connectivity index (χ0n) is 9.30. The van der Waals surface area contributed by atoms with E-state index in [0.29, 0.717) is 6.42 Å². The molecule has 0 unspecified atom stereocenters. The number of nitrogens with zero attached hydrogens (tertiary/aromatic N) is 2. The number of likely N-dealkylation sites (tertiary alicyclic amines) is 1. The maximum Gasteiger partial charge on any atom is 0.239 e. The first-order valence-corrected chi connectivity index (χ1v) is 5.70. The van der Waals surface area contributed by atoms with Crippen LogP contribution in [0, 0.1) is 0 Å². The van der Waals surface area contributed by atoms with Gasteiger partial charge >= 0.3 is 0 Å². The molecule has 4 nitrogen and oxygen atoms in total. The molecule has 1 aromatic rings. The molecule has 1 saturated heterocycles. The molecule has 0 aromatic carbocycles. The summed E-state index contributed by atoms with van der Waals surface area (Å²) in [6.07, 6.45) is 6.25. The second kappa shape index (κ2) is 5.07. The standard InChI is InChI=1S/C12H17N3O/c13-11(9-10-3-5-14-6-4-10)12(16)15-7-1-2-8-15/h3-6,11H,1-2,7-9,13H2/t11-/m1/s1. The highest BCUT2D eigenvalue weighted by Crippen LogP contribution is 2.10. The number of amides is 1. The Kier molecular flexibility index (Phi) is 3.51. The highest BCUT2D eigenvalue weighted by Gasteiger charge is 2.23. The molecule has 2 heterocycles. The topological polar surface area (TPSA) is 59.2 Å². The molecule has 1 atom stereocenters. The number of nitrogens with two attached hydrogens (primary N) is 1. The molecule has 4 heteroatoms. The summed E-state index contributed by atoms with van der Waals surface area (Å²) in [6, 6.07) is 3.38. The van der Waals surface area contributed by atoms with Gasteiger partial charge in [-0.3, -0.25) is 9.78 Å². The molecular formula is C12H17N3O. The average molecular weight is 219 g/mol. The third kappa shape index (κ3) is 2.58. The lowest BCUT2D eigenvalue weighted by molar-refractivity contribution is -0.131. The molecule has 0 bridgehead atoms. The lowest BCUT2D eigenvalue weighted by Gasteiger charge is -2.20. The minimum atomic E-state index is -0.416. The number of hydrogen-bond donors (Lipinski definition) is 1. The van der Waals surface area contributed by atoms with Crippen molar-refractivity contribution < 1.29 is 4.79 Å². The van der Waals surface area contributed by atoms with Gasteiger partial charge in [-0.15, -0.1) is 0 Å². The lowest BCUT2D eigenvalue weighted by Crippen LogP contribution is -2.43. The predicted octanol–water partition coefficient (Wildman–Crippen LogP) is 0.574. The van der Waals surface area contributed by atoms with Gasteiger partial charge in [-0.1, -0.05) is 0 Å². The van der Waals surface area contributed by atoms with E-state index in [0.717, 1.165) is 31.5 Å². The van der Waals surface area contributed by atoms with Crippen molar-refractivity contribution in [3.8, 4) is 0 Å². The molecule has 1 aromatic heterocycles. The maximum atomic E-state index is 11.9. The number of aromatic nitrogens is 1. The molecule has 16 heavy (non-hydrogen) atoms. The van der Waals surface area contributed by atoms with Gasteiger partial charge in [0.2, 0.25) is 5.91 Å². The van der Waals surface area contributed by atoms with Crippen LogP contribution in [0.3, 0.4) is 0 Å². The van der Waals surface area contributed by atoms with Crippen molar-refractivity contribution in [2.45, 2.75) is 25.3 Å². The Morgan fingerprint density at radius 1 is 1.38 bits per heavy atom. The van der Waals surface area contributed by atoms with E-state index in [1.807, 2.05) is 17.0 Å². The van der Waals surface area contributed by atoms with Crippen LogP contribution in [0.2, 0.25) is 0 Å². The average Bonchev–Trinajstić information content (AvgIpc) is 2.83. The van der Waals surface area contributed by atoms with Crippen molar-refractivity contribution in [3.63, 3.8) is 0 Å². The second-order valence-corrected chi connectivity index (χ2v) is 4.20. The van der Waals surface area contributed by atoms with Gasteiger partial charge in [-0.05, 0) is 37.0 Å². The summed E-state index contributed by atoms with van der Waals surface area (Å²) in [7, 11) is 0. The Morgan fingerprint density at radius 3 is 2.62 bits per heavy atom. The minimum absolute atomic E-state index is 0.0781. The van der Waals surface area contributed by atoms with Gasteiger partial charge < -0.3 is 10.6 Å². The molecule has 1 aliphatic rings. The van der Waals surface area contributed by atoms with Crippen LogP contribution in [0.1, 0.15) is 18.4 Å². The highest BCUT2D eigenvalue weighted by molar-refractivity contribution is 5.82. The quantitative estimate of drug-likeness (QED) is 0.808. The van der Waals surface area contributed by atoms with Crippen molar-refractivity contribution in [2.24, 2.45) is 5.73 Å². The largest absolute Gasteiger partial charge is 0.341 e. The van der Waals surface area contributed by atoms with Gasteiger partial charge in [0.15, 0.2) is 0 Å². The van der Waals surface area contributed by atoms with Crippen LogP contribution in [0.5, 0.6) is 0 Å². The van der Waals surface area contributed by atoms with Crippen LogP contribution in [0.15, 0.2) is 24.5 Å². The number of carbonyl (C=O) groups excluding carboxylic acids is 1. The summed E-state index contributed by atoms with van der Waals surface area (Å²) in [4.78, 5) is 17.7. The maximum absolute atomic E-state index is 11.9. The van der Waals surface area contributed by atoms with E-state index in [1.54, 1.807) is 12.4 Å². The van der Waals surface area contributed by atoms with Crippen LogP contribution >= 0.6 is 0 Å². The van der Waals surface area contributed by atoms with Crippen molar-refractivity contribution in [1.82, 2.24) is 9.88 Å². The van der Waals surface area contributed by atoms with E-state index < -0.39 is 6.04 Å². The van der Waals surface area contributed by atoms with E-state index >= 15 is 0 Å². The van der Waals surface area contributed by atoms with Crippen molar-refractivity contribution in [3.05, 3.63) is 30.1 Å². The summed E-state index contributed by atoms with van der Waals surface area (Å²) < 4.78 is 0. The van der Waals surface area contributed by atoms with Gasteiger partial charge in [0, 0.05) is 25.5 Å². The van der Waals surface area contributed by atoms with E-state index in [-0.39, 0.29) is 5.91 Å². The van der Waals surface area contributed by atoms with Crippen LogP contribution in [-0.2, 0) is 11.2 Å². The first-order chi connectivity index (χ1) is 7.77. The molecule has 0 aliphatic carbocycles. The molecule has 0 radical (unpaired) electrons. The Bertz CT molecular complexity index is 347. The van der Waals surface area contributed by atoms with E-state index in [9.17, 15) is 4.79 Å². The summed E-state index contributed by atoms with van der Waals surface area (Å²) in [5, 5.41) is 0. The second-order valence-electron chi connectivity index (χ2n) is 4.20. The molecule has 1 aliphatic heterocycles. The number of hydrogen-bond acceptors (Lipinski definition) is 3. The Labute approximate surface area is 95.5 Å². The minimum Gasteiger partial charge on any atom is -0.341 e. The highest BCUT2D eigenvalue weighted by atomic mass is 16.2. The van der Waals surface area contributed by atoms with E-state index in [4.69, 9.17) is 5.73 Å². The van der Waals surface area contributed by atoms with Gasteiger partial charge in [0.25, 0.3) is 0 Å². The number of pyridine rings is 1. The third-order valence-corrected chi connectivity index (χ3v) is 2.94. The first kappa shape index (κ1) is 11.1. The van der Waals surface area contributed by atoms with Crippen molar-refractivity contribution in [2.75, 3.05) is 13.1 Å². The molecule has 1 amide bonds. The Morgan fingerprint density at radius 2 is 2.00 bits per heavy atom. The summed E-state index contributed by atoms with van der Waals surface area (Å²) in [5.41, 5.74) is 6.98. The molecule has 1 fully saturated rings. The van der Waals surface area contributed by atoms with Gasteiger partial charge in [0.1, 0.15) is 0 Å². The van der Waals surface area contributed by atoms with Gasteiger partial charge in [-0.25, -0.2) is 0 Å². The lowest BCUT2D eigenvalue weighted by atomic mass is 10.1. The monoisotopic (exact) mass is 219 g/mol. The smallest absolute Gasteiger partial charge is 0.239 e. The van der Waals surface area contributed by atoms with Crippen LogP contribution in [0.25, 0.3) is 0 Å². The Hall–Kier alpha value is -1.42. The fourth-order valence-electron chi connectivity index (χ4n) is 2.03. The Balaban J connectivity index is 1.92. The fraction of sp³-hybridized carbons (Fsp3) is 0.500.